The lowest BCUT2D eigenvalue weighted by atomic mass is 10.5. The fourth-order valence-corrected chi connectivity index (χ4v) is 1.23. The van der Waals surface area contributed by atoms with Crippen molar-refractivity contribution in [3.05, 3.63) is 6.33 Å². The van der Waals surface area contributed by atoms with Gasteiger partial charge in [-0.3, -0.25) is 4.79 Å². The molecule has 1 heterocycles. The Morgan fingerprint density at radius 1 is 1.82 bits per heavy atom. The van der Waals surface area contributed by atoms with Gasteiger partial charge in [0.15, 0.2) is 5.16 Å². The molecule has 11 heavy (non-hydrogen) atoms. The molecule has 0 saturated heterocycles. The zero-order valence-corrected chi connectivity index (χ0v) is 7.13. The lowest BCUT2D eigenvalue weighted by Gasteiger charge is -1.99. The van der Waals surface area contributed by atoms with Crippen molar-refractivity contribution in [3.8, 4) is 0 Å². The van der Waals surface area contributed by atoms with E-state index in [0.29, 0.717) is 0 Å². The third kappa shape index (κ3) is 2.04. The van der Waals surface area contributed by atoms with Gasteiger partial charge in [0.05, 0.1) is 5.25 Å². The number of thioether (sulfide) groups is 1. The molecule has 0 N–H and O–H groups in total. The first kappa shape index (κ1) is 8.26. The van der Waals surface area contributed by atoms with E-state index in [0.717, 1.165) is 5.16 Å². The Morgan fingerprint density at radius 3 is 3.00 bits per heavy atom. The molecule has 0 aliphatic rings. The second kappa shape index (κ2) is 3.52. The molecule has 59 valence electrons. The Morgan fingerprint density at radius 2 is 2.55 bits per heavy atom. The maximum atomic E-state index is 10.1. The molecule has 5 heteroatoms. The van der Waals surface area contributed by atoms with Gasteiger partial charge in [0.2, 0.25) is 6.29 Å². The van der Waals surface area contributed by atoms with Gasteiger partial charge in [-0.1, -0.05) is 11.8 Å². The van der Waals surface area contributed by atoms with Crippen LogP contribution in [0.2, 0.25) is 0 Å². The van der Waals surface area contributed by atoms with Crippen LogP contribution in [0.5, 0.6) is 0 Å². The summed E-state index contributed by atoms with van der Waals surface area (Å²) >= 11 is 1.34. The Bertz CT molecular complexity index is 248. The summed E-state index contributed by atoms with van der Waals surface area (Å²) < 4.78 is 1.76. The fourth-order valence-electron chi connectivity index (χ4n) is 0.561. The molecule has 1 atom stereocenters. The number of rotatable bonds is 3. The second-order valence-corrected chi connectivity index (χ2v) is 3.41. The summed E-state index contributed by atoms with van der Waals surface area (Å²) in [5, 5.41) is 8.03. The van der Waals surface area contributed by atoms with Crippen LogP contribution in [0.15, 0.2) is 11.5 Å². The highest BCUT2D eigenvalue weighted by Crippen LogP contribution is 2.17. The normalized spacial score (nSPS) is 12.9. The van der Waals surface area contributed by atoms with E-state index >= 15 is 0 Å². The predicted octanol–water partition coefficient (Wildman–Crippen LogP) is 0.405. The van der Waals surface area contributed by atoms with Crippen LogP contribution in [-0.4, -0.2) is 26.3 Å². The molecule has 1 radical (unpaired) electrons. The van der Waals surface area contributed by atoms with Crippen LogP contribution >= 0.6 is 11.8 Å². The van der Waals surface area contributed by atoms with E-state index in [1.54, 1.807) is 17.8 Å². The summed E-state index contributed by atoms with van der Waals surface area (Å²) in [6, 6.07) is 0. The highest BCUT2D eigenvalue weighted by Gasteiger charge is 2.07. The van der Waals surface area contributed by atoms with Gasteiger partial charge in [0, 0.05) is 7.05 Å². The largest absolute Gasteiger partial charge is 0.312 e. The molecule has 0 amide bonds. The van der Waals surface area contributed by atoms with Gasteiger partial charge in [-0.15, -0.1) is 10.2 Å². The predicted molar refractivity (Wildman–Crippen MR) is 42.0 cm³/mol. The van der Waals surface area contributed by atoms with Crippen LogP contribution in [-0.2, 0) is 11.8 Å². The van der Waals surface area contributed by atoms with Gasteiger partial charge in [-0.25, -0.2) is 0 Å². The number of hydrogen-bond donors (Lipinski definition) is 0. The zero-order valence-electron chi connectivity index (χ0n) is 6.31. The molecule has 1 aromatic heterocycles. The van der Waals surface area contributed by atoms with Crippen molar-refractivity contribution >= 4 is 18.0 Å². The van der Waals surface area contributed by atoms with E-state index in [9.17, 15) is 4.79 Å². The first-order valence-corrected chi connectivity index (χ1v) is 4.00. The maximum Gasteiger partial charge on any atom is 0.212 e. The monoisotopic (exact) mass is 170 g/mol. The van der Waals surface area contributed by atoms with E-state index in [2.05, 4.69) is 10.2 Å². The molecule has 0 bridgehead atoms. The van der Waals surface area contributed by atoms with Crippen LogP contribution in [0.3, 0.4) is 0 Å². The van der Waals surface area contributed by atoms with Crippen LogP contribution in [0, 0.1) is 0 Å². The Labute approximate surface area is 69.0 Å². The molecule has 0 aliphatic heterocycles. The van der Waals surface area contributed by atoms with Crippen LogP contribution in [0.4, 0.5) is 0 Å². The van der Waals surface area contributed by atoms with Gasteiger partial charge in [-0.2, -0.15) is 0 Å². The van der Waals surface area contributed by atoms with Crippen molar-refractivity contribution in [1.29, 1.82) is 0 Å². The smallest absolute Gasteiger partial charge is 0.212 e. The number of nitrogens with zero attached hydrogens (tertiary/aromatic N) is 3. The lowest BCUT2D eigenvalue weighted by Crippen LogP contribution is -1.99. The molecule has 4 nitrogen and oxygen atoms in total. The van der Waals surface area contributed by atoms with Gasteiger partial charge in [0.1, 0.15) is 6.33 Å². The average molecular weight is 170 g/mol. The third-order valence-corrected chi connectivity index (χ3v) is 2.15. The van der Waals surface area contributed by atoms with Crippen molar-refractivity contribution in [2.45, 2.75) is 17.3 Å². The summed E-state index contributed by atoms with van der Waals surface area (Å²) in [4.78, 5) is 10.1. The average Bonchev–Trinajstić information content (AvgIpc) is 2.37. The number of hydrogen-bond acceptors (Lipinski definition) is 4. The summed E-state index contributed by atoms with van der Waals surface area (Å²) in [7, 11) is 1.83. The van der Waals surface area contributed by atoms with Crippen molar-refractivity contribution in [3.63, 3.8) is 0 Å². The Balaban J connectivity index is 2.63. The fraction of sp³-hybridized carbons (Fsp3) is 0.500. The van der Waals surface area contributed by atoms with E-state index in [-0.39, 0.29) is 5.25 Å². The second-order valence-electron chi connectivity index (χ2n) is 2.10. The minimum absolute atomic E-state index is 0.183. The number of carbonyl (C=O) groups excluding carboxylic acids is 1. The standard InChI is InChI=1S/C6H8N3OS/c1-5(3-10)11-6-8-7-4-9(6)2/h4-5H,1-2H3. The van der Waals surface area contributed by atoms with Gasteiger partial charge in [-0.05, 0) is 6.92 Å². The minimum atomic E-state index is -0.183. The number of aromatic nitrogens is 3. The SMILES string of the molecule is CC([C]=O)Sc1nncn1C. The van der Waals surface area contributed by atoms with E-state index in [4.69, 9.17) is 0 Å². The molecular formula is C6H8N3OS. The van der Waals surface area contributed by atoms with Crippen molar-refractivity contribution in [1.82, 2.24) is 14.8 Å². The lowest BCUT2D eigenvalue weighted by molar-refractivity contribution is 0.554. The minimum Gasteiger partial charge on any atom is -0.312 e. The molecule has 1 unspecified atom stereocenters. The van der Waals surface area contributed by atoms with Gasteiger partial charge >= 0.3 is 0 Å². The van der Waals surface area contributed by atoms with Crippen molar-refractivity contribution in [2.24, 2.45) is 7.05 Å². The molecule has 0 spiro atoms. The Hall–Kier alpha value is -0.840. The summed E-state index contributed by atoms with van der Waals surface area (Å²) in [6.45, 7) is 1.77. The molecule has 0 saturated carbocycles. The molecule has 0 fully saturated rings. The van der Waals surface area contributed by atoms with Crippen molar-refractivity contribution in [2.75, 3.05) is 0 Å². The first-order valence-electron chi connectivity index (χ1n) is 3.12. The Kier molecular flexibility index (Phi) is 2.64. The summed E-state index contributed by atoms with van der Waals surface area (Å²) in [5.41, 5.74) is 0. The van der Waals surface area contributed by atoms with Crippen molar-refractivity contribution < 1.29 is 4.79 Å². The molecule has 0 aromatic carbocycles. The quantitative estimate of drug-likeness (QED) is 0.616. The highest BCUT2D eigenvalue weighted by molar-refractivity contribution is 8.00. The van der Waals surface area contributed by atoms with E-state index in [1.807, 2.05) is 13.3 Å². The number of aryl methyl sites for hydroxylation is 1. The highest BCUT2D eigenvalue weighted by atomic mass is 32.2. The van der Waals surface area contributed by atoms with Crippen LogP contribution in [0.1, 0.15) is 6.92 Å². The third-order valence-electron chi connectivity index (χ3n) is 1.12. The summed E-state index contributed by atoms with van der Waals surface area (Å²) in [6.07, 6.45) is 3.46. The molecular weight excluding hydrogens is 162 g/mol. The van der Waals surface area contributed by atoms with Gasteiger partial charge < -0.3 is 4.57 Å². The topological polar surface area (TPSA) is 47.8 Å². The molecule has 1 rings (SSSR count). The maximum absolute atomic E-state index is 10.1. The zero-order chi connectivity index (χ0) is 8.27. The van der Waals surface area contributed by atoms with E-state index in [1.165, 1.54) is 11.8 Å². The van der Waals surface area contributed by atoms with E-state index < -0.39 is 0 Å². The molecule has 0 aliphatic carbocycles. The van der Waals surface area contributed by atoms with Crippen LogP contribution in [0.25, 0.3) is 0 Å². The molecule has 1 aromatic rings. The van der Waals surface area contributed by atoms with Crippen LogP contribution < -0.4 is 0 Å². The van der Waals surface area contributed by atoms with Gasteiger partial charge in [0.25, 0.3) is 0 Å². The summed E-state index contributed by atoms with van der Waals surface area (Å²) in [5.74, 6) is 0. The first-order chi connectivity index (χ1) is 5.24.